The number of nitrogens with zero attached hydrogens (tertiary/aromatic N) is 1. The van der Waals surface area contributed by atoms with Crippen LogP contribution in [0.25, 0.3) is 0 Å². The Labute approximate surface area is 147 Å². The normalized spacial score (nSPS) is 11.0. The number of halogens is 1. The van der Waals surface area contributed by atoms with Gasteiger partial charge in [0.25, 0.3) is 0 Å². The first-order valence-corrected chi connectivity index (χ1v) is 8.33. The molecule has 3 rings (SSSR count). The van der Waals surface area contributed by atoms with Crippen LogP contribution in [0.1, 0.15) is 23.6 Å². The van der Waals surface area contributed by atoms with E-state index in [0.29, 0.717) is 6.61 Å². The quantitative estimate of drug-likeness (QED) is 0.529. The van der Waals surface area contributed by atoms with Crippen LogP contribution < -0.4 is 4.74 Å². The molecule has 3 aromatic carbocycles. The molecule has 0 aliphatic carbocycles. The Kier molecular flexibility index (Phi) is 5.57. The van der Waals surface area contributed by atoms with Gasteiger partial charge in [-0.05, 0) is 71.6 Å². The van der Waals surface area contributed by atoms with Gasteiger partial charge in [-0.1, -0.05) is 31.2 Å². The van der Waals surface area contributed by atoms with Crippen molar-refractivity contribution in [3.05, 3.63) is 95.3 Å². The van der Waals surface area contributed by atoms with E-state index in [1.54, 1.807) is 6.07 Å². The molecule has 3 heteroatoms. The Morgan fingerprint density at radius 3 is 2.36 bits per heavy atom. The average molecular weight is 333 g/mol. The highest BCUT2D eigenvalue weighted by Gasteiger charge is 1.98. The highest BCUT2D eigenvalue weighted by Crippen LogP contribution is 2.16. The average Bonchev–Trinajstić information content (AvgIpc) is 2.66. The van der Waals surface area contributed by atoms with Crippen molar-refractivity contribution in [2.45, 2.75) is 20.0 Å². The van der Waals surface area contributed by atoms with Gasteiger partial charge in [0.2, 0.25) is 0 Å². The molecule has 0 heterocycles. The maximum absolute atomic E-state index is 13.1. The van der Waals surface area contributed by atoms with Crippen LogP contribution in [0.4, 0.5) is 10.1 Å². The standard InChI is InChI=1S/C22H20FNO/c1-2-17-6-10-21(11-7-17)24-15-18-8-12-22(13-9-18)25-16-19-4-3-5-20(23)14-19/h3-15H,2,16H2,1H3. The van der Waals surface area contributed by atoms with Crippen LogP contribution in [0.15, 0.2) is 77.8 Å². The number of benzene rings is 3. The highest BCUT2D eigenvalue weighted by atomic mass is 19.1. The summed E-state index contributed by atoms with van der Waals surface area (Å²) in [4.78, 5) is 4.48. The van der Waals surface area contributed by atoms with E-state index in [9.17, 15) is 4.39 Å². The van der Waals surface area contributed by atoms with E-state index in [1.165, 1.54) is 17.7 Å². The van der Waals surface area contributed by atoms with E-state index in [-0.39, 0.29) is 5.82 Å². The molecule has 0 radical (unpaired) electrons. The van der Waals surface area contributed by atoms with E-state index in [1.807, 2.05) is 48.7 Å². The molecule has 0 saturated carbocycles. The van der Waals surface area contributed by atoms with Crippen molar-refractivity contribution in [2.24, 2.45) is 4.99 Å². The fourth-order valence-corrected chi connectivity index (χ4v) is 2.41. The molecule has 0 saturated heterocycles. The van der Waals surface area contributed by atoms with Crippen LogP contribution in [-0.4, -0.2) is 6.21 Å². The number of hydrogen-bond acceptors (Lipinski definition) is 2. The minimum absolute atomic E-state index is 0.250. The summed E-state index contributed by atoms with van der Waals surface area (Å²) in [6.45, 7) is 2.48. The van der Waals surface area contributed by atoms with Crippen molar-refractivity contribution in [1.82, 2.24) is 0 Å². The molecule has 3 aromatic rings. The Morgan fingerprint density at radius 2 is 1.68 bits per heavy atom. The molecule has 0 aliphatic heterocycles. The van der Waals surface area contributed by atoms with Crippen LogP contribution in [0.2, 0.25) is 0 Å². The zero-order valence-corrected chi connectivity index (χ0v) is 14.2. The van der Waals surface area contributed by atoms with Gasteiger partial charge in [-0.25, -0.2) is 4.39 Å². The first kappa shape index (κ1) is 16.9. The minimum Gasteiger partial charge on any atom is -0.489 e. The molecule has 0 unspecified atom stereocenters. The van der Waals surface area contributed by atoms with Gasteiger partial charge in [-0.2, -0.15) is 0 Å². The lowest BCUT2D eigenvalue weighted by Gasteiger charge is -2.06. The van der Waals surface area contributed by atoms with Crippen LogP contribution >= 0.6 is 0 Å². The lowest BCUT2D eigenvalue weighted by Crippen LogP contribution is -1.96. The van der Waals surface area contributed by atoms with E-state index in [2.05, 4.69) is 24.0 Å². The second kappa shape index (κ2) is 8.25. The van der Waals surface area contributed by atoms with Gasteiger partial charge in [-0.15, -0.1) is 0 Å². The Balaban J connectivity index is 1.58. The molecule has 0 bridgehead atoms. The van der Waals surface area contributed by atoms with Crippen LogP contribution in [0.5, 0.6) is 5.75 Å². The molecule has 25 heavy (non-hydrogen) atoms. The first-order chi connectivity index (χ1) is 12.2. The molecular formula is C22H20FNO. The van der Waals surface area contributed by atoms with E-state index in [0.717, 1.165) is 29.0 Å². The lowest BCUT2D eigenvalue weighted by atomic mass is 10.1. The van der Waals surface area contributed by atoms with Gasteiger partial charge < -0.3 is 4.74 Å². The van der Waals surface area contributed by atoms with Crippen molar-refractivity contribution in [1.29, 1.82) is 0 Å². The summed E-state index contributed by atoms with van der Waals surface area (Å²) >= 11 is 0. The minimum atomic E-state index is -0.250. The Hall–Kier alpha value is -2.94. The lowest BCUT2D eigenvalue weighted by molar-refractivity contribution is 0.305. The molecule has 0 N–H and O–H groups in total. The summed E-state index contributed by atoms with van der Waals surface area (Å²) < 4.78 is 18.8. The zero-order chi connectivity index (χ0) is 17.5. The topological polar surface area (TPSA) is 21.6 Å². The predicted octanol–water partition coefficient (Wildman–Crippen LogP) is 5.72. The molecule has 0 amide bonds. The summed E-state index contributed by atoms with van der Waals surface area (Å²) in [5.74, 6) is 0.494. The fraction of sp³-hybridized carbons (Fsp3) is 0.136. The van der Waals surface area contributed by atoms with Crippen molar-refractivity contribution in [3.8, 4) is 5.75 Å². The summed E-state index contributed by atoms with van der Waals surface area (Å²) in [6.07, 6.45) is 2.86. The number of rotatable bonds is 6. The molecule has 0 aliphatic rings. The van der Waals surface area contributed by atoms with Gasteiger partial charge in [-0.3, -0.25) is 4.99 Å². The van der Waals surface area contributed by atoms with Gasteiger partial charge in [0.05, 0.1) is 5.69 Å². The fourth-order valence-electron chi connectivity index (χ4n) is 2.41. The van der Waals surface area contributed by atoms with E-state index < -0.39 is 0 Å². The van der Waals surface area contributed by atoms with Gasteiger partial charge in [0.1, 0.15) is 18.2 Å². The number of aryl methyl sites for hydroxylation is 1. The summed E-state index contributed by atoms with van der Waals surface area (Å²) in [6, 6.07) is 22.3. The Bertz CT molecular complexity index is 839. The van der Waals surface area contributed by atoms with Crippen LogP contribution in [0.3, 0.4) is 0 Å². The number of aliphatic imine (C=N–C) groups is 1. The predicted molar refractivity (Wildman–Crippen MR) is 100 cm³/mol. The van der Waals surface area contributed by atoms with Crippen LogP contribution in [-0.2, 0) is 13.0 Å². The van der Waals surface area contributed by atoms with E-state index in [4.69, 9.17) is 4.74 Å². The monoisotopic (exact) mass is 333 g/mol. The third-order valence-corrected chi connectivity index (χ3v) is 3.88. The summed E-state index contributed by atoms with van der Waals surface area (Å²) in [5, 5.41) is 0. The molecule has 0 spiro atoms. The van der Waals surface area contributed by atoms with Gasteiger partial charge in [0.15, 0.2) is 0 Å². The summed E-state index contributed by atoms with van der Waals surface area (Å²) in [5.41, 5.74) is 4.04. The number of ether oxygens (including phenoxy) is 1. The smallest absolute Gasteiger partial charge is 0.123 e. The zero-order valence-electron chi connectivity index (χ0n) is 14.2. The SMILES string of the molecule is CCc1ccc(N=Cc2ccc(OCc3cccc(F)c3)cc2)cc1. The Morgan fingerprint density at radius 1 is 0.920 bits per heavy atom. The van der Waals surface area contributed by atoms with Gasteiger partial charge in [0, 0.05) is 6.21 Å². The van der Waals surface area contributed by atoms with Crippen molar-refractivity contribution >= 4 is 11.9 Å². The van der Waals surface area contributed by atoms with Crippen LogP contribution in [0, 0.1) is 5.82 Å². The molecular weight excluding hydrogens is 313 g/mol. The van der Waals surface area contributed by atoms with E-state index >= 15 is 0 Å². The van der Waals surface area contributed by atoms with Gasteiger partial charge >= 0.3 is 0 Å². The second-order valence-corrected chi connectivity index (χ2v) is 5.77. The maximum Gasteiger partial charge on any atom is 0.123 e. The van der Waals surface area contributed by atoms with Crippen molar-refractivity contribution in [2.75, 3.05) is 0 Å². The highest BCUT2D eigenvalue weighted by molar-refractivity contribution is 5.82. The molecule has 2 nitrogen and oxygen atoms in total. The summed E-state index contributed by atoms with van der Waals surface area (Å²) in [7, 11) is 0. The third kappa shape index (κ3) is 5.01. The molecule has 0 atom stereocenters. The maximum atomic E-state index is 13.1. The first-order valence-electron chi connectivity index (χ1n) is 8.33. The molecule has 0 aromatic heterocycles. The molecule has 126 valence electrons. The second-order valence-electron chi connectivity index (χ2n) is 5.77. The molecule has 0 fully saturated rings. The van der Waals surface area contributed by atoms with Crippen molar-refractivity contribution in [3.63, 3.8) is 0 Å². The number of hydrogen-bond donors (Lipinski definition) is 0. The van der Waals surface area contributed by atoms with Crippen molar-refractivity contribution < 1.29 is 9.13 Å². The largest absolute Gasteiger partial charge is 0.489 e. The third-order valence-electron chi connectivity index (χ3n) is 3.88.